The number of benzene rings is 1. The normalized spacial score (nSPS) is 11.0. The summed E-state index contributed by atoms with van der Waals surface area (Å²) in [7, 11) is 0. The molecular weight excluding hydrogens is 314 g/mol. The van der Waals surface area contributed by atoms with Crippen molar-refractivity contribution in [2.24, 2.45) is 0 Å². The Hall–Kier alpha value is -3.06. The second-order valence-electron chi connectivity index (χ2n) is 4.83. The van der Waals surface area contributed by atoms with Crippen LogP contribution in [0.1, 0.15) is 10.4 Å². The zero-order chi connectivity index (χ0) is 15.8. The van der Waals surface area contributed by atoms with E-state index in [9.17, 15) is 4.79 Å². The Bertz CT molecular complexity index is 1010. The maximum absolute atomic E-state index is 11.1. The Morgan fingerprint density at radius 3 is 2.96 bits per heavy atom. The van der Waals surface area contributed by atoms with Crippen molar-refractivity contribution in [2.75, 3.05) is 0 Å². The van der Waals surface area contributed by atoms with E-state index < -0.39 is 5.97 Å². The molecule has 1 aromatic carbocycles. The highest BCUT2D eigenvalue weighted by Crippen LogP contribution is 2.32. The number of fused-ring (bicyclic) bond motifs is 1. The second-order valence-corrected chi connectivity index (χ2v) is 5.68. The van der Waals surface area contributed by atoms with Gasteiger partial charge in [-0.05, 0) is 30.3 Å². The number of carbonyl (C=O) groups is 1. The van der Waals surface area contributed by atoms with E-state index in [0.717, 1.165) is 10.6 Å². The molecule has 112 valence electrons. The Kier molecular flexibility index (Phi) is 3.13. The van der Waals surface area contributed by atoms with Crippen LogP contribution in [0, 0.1) is 0 Å². The van der Waals surface area contributed by atoms with E-state index in [-0.39, 0.29) is 5.56 Å². The molecule has 0 fully saturated rings. The third-order valence-electron chi connectivity index (χ3n) is 3.37. The van der Waals surface area contributed by atoms with Crippen molar-refractivity contribution in [3.05, 3.63) is 53.7 Å². The smallest absolute Gasteiger partial charge is 0.335 e. The van der Waals surface area contributed by atoms with E-state index in [0.29, 0.717) is 22.4 Å². The van der Waals surface area contributed by atoms with E-state index >= 15 is 0 Å². The molecule has 0 amide bonds. The van der Waals surface area contributed by atoms with Crippen LogP contribution < -0.4 is 0 Å². The number of hydrogen-bond acceptors (Lipinski definition) is 6. The topological polar surface area (TPSA) is 89.1 Å². The molecule has 0 atom stereocenters. The first-order chi connectivity index (χ1) is 11.2. The summed E-state index contributed by atoms with van der Waals surface area (Å²) < 4.78 is 5.26. The average Bonchev–Trinajstić information content (AvgIpc) is 3.21. The first-order valence-electron chi connectivity index (χ1n) is 6.71. The standard InChI is InChI=1S/C16H9N3O3S/c20-16(21)9-3-4-13-11(6-9)14(19-22-13)12-8-23-15(18-12)10-2-1-5-17-7-10/h1-8H,(H,20,21). The van der Waals surface area contributed by atoms with Gasteiger partial charge in [0, 0.05) is 23.3 Å². The van der Waals surface area contributed by atoms with Crippen molar-refractivity contribution in [1.29, 1.82) is 0 Å². The summed E-state index contributed by atoms with van der Waals surface area (Å²) in [6, 6.07) is 8.41. The number of hydrogen-bond donors (Lipinski definition) is 1. The molecule has 23 heavy (non-hydrogen) atoms. The lowest BCUT2D eigenvalue weighted by Crippen LogP contribution is -1.94. The average molecular weight is 323 g/mol. The molecule has 0 radical (unpaired) electrons. The predicted molar refractivity (Wildman–Crippen MR) is 85.3 cm³/mol. The zero-order valence-corrected chi connectivity index (χ0v) is 12.4. The lowest BCUT2D eigenvalue weighted by Gasteiger charge is -1.95. The molecule has 4 rings (SSSR count). The van der Waals surface area contributed by atoms with Crippen molar-refractivity contribution in [3.63, 3.8) is 0 Å². The van der Waals surface area contributed by atoms with Gasteiger partial charge < -0.3 is 9.63 Å². The van der Waals surface area contributed by atoms with Crippen molar-refractivity contribution in [2.45, 2.75) is 0 Å². The monoisotopic (exact) mass is 323 g/mol. The Morgan fingerprint density at radius 2 is 2.17 bits per heavy atom. The molecule has 0 aliphatic carbocycles. The van der Waals surface area contributed by atoms with Gasteiger partial charge in [0.2, 0.25) is 0 Å². The minimum absolute atomic E-state index is 0.185. The van der Waals surface area contributed by atoms with Gasteiger partial charge in [0.25, 0.3) is 0 Å². The van der Waals surface area contributed by atoms with Crippen molar-refractivity contribution < 1.29 is 14.4 Å². The highest BCUT2D eigenvalue weighted by atomic mass is 32.1. The van der Waals surface area contributed by atoms with Crippen LogP contribution >= 0.6 is 11.3 Å². The number of nitrogens with zero attached hydrogens (tertiary/aromatic N) is 3. The number of aromatic nitrogens is 3. The zero-order valence-electron chi connectivity index (χ0n) is 11.6. The van der Waals surface area contributed by atoms with Crippen LogP contribution in [0.15, 0.2) is 52.6 Å². The molecule has 3 aromatic heterocycles. The molecule has 4 aromatic rings. The molecular formula is C16H9N3O3S. The van der Waals surface area contributed by atoms with Gasteiger partial charge in [-0.1, -0.05) is 5.16 Å². The molecule has 0 aliphatic heterocycles. The molecule has 0 aliphatic rings. The predicted octanol–water partition coefficient (Wildman–Crippen LogP) is 3.71. The van der Waals surface area contributed by atoms with Crippen LogP contribution in [0.4, 0.5) is 0 Å². The fraction of sp³-hybridized carbons (Fsp3) is 0. The summed E-state index contributed by atoms with van der Waals surface area (Å²) in [5.74, 6) is -0.992. The SMILES string of the molecule is O=C(O)c1ccc2onc(-c3csc(-c4cccnc4)n3)c2c1. The minimum Gasteiger partial charge on any atom is -0.478 e. The summed E-state index contributed by atoms with van der Waals surface area (Å²) in [6.07, 6.45) is 3.45. The lowest BCUT2D eigenvalue weighted by molar-refractivity contribution is 0.0697. The van der Waals surface area contributed by atoms with Gasteiger partial charge in [0.15, 0.2) is 5.58 Å². The number of rotatable bonds is 3. The van der Waals surface area contributed by atoms with E-state index in [2.05, 4.69) is 15.1 Å². The fourth-order valence-electron chi connectivity index (χ4n) is 2.26. The maximum Gasteiger partial charge on any atom is 0.335 e. The first kappa shape index (κ1) is 13.6. The van der Waals surface area contributed by atoms with Crippen molar-refractivity contribution in [3.8, 4) is 22.0 Å². The molecule has 0 saturated heterocycles. The second kappa shape index (κ2) is 5.29. The number of aromatic carboxylic acids is 1. The Balaban J connectivity index is 1.82. The highest BCUT2D eigenvalue weighted by molar-refractivity contribution is 7.13. The molecule has 6 nitrogen and oxygen atoms in total. The van der Waals surface area contributed by atoms with Crippen LogP contribution in [0.25, 0.3) is 32.9 Å². The molecule has 0 bridgehead atoms. The first-order valence-corrected chi connectivity index (χ1v) is 7.59. The number of carboxylic acid groups (broad SMARTS) is 1. The van der Waals surface area contributed by atoms with Gasteiger partial charge in [0.1, 0.15) is 16.4 Å². The van der Waals surface area contributed by atoms with Crippen molar-refractivity contribution in [1.82, 2.24) is 15.1 Å². The van der Waals surface area contributed by atoms with Gasteiger partial charge in [-0.2, -0.15) is 0 Å². The summed E-state index contributed by atoms with van der Waals surface area (Å²) in [5.41, 5.74) is 2.82. The number of carboxylic acids is 1. The summed E-state index contributed by atoms with van der Waals surface area (Å²) >= 11 is 1.47. The maximum atomic E-state index is 11.1. The van der Waals surface area contributed by atoms with Gasteiger partial charge in [0.05, 0.1) is 10.9 Å². The minimum atomic E-state index is -0.992. The van der Waals surface area contributed by atoms with Crippen LogP contribution in [-0.4, -0.2) is 26.2 Å². The molecule has 7 heteroatoms. The molecule has 0 unspecified atom stereocenters. The van der Waals surface area contributed by atoms with Gasteiger partial charge in [-0.3, -0.25) is 4.98 Å². The van der Waals surface area contributed by atoms with E-state index in [1.165, 1.54) is 17.4 Å². The molecule has 1 N–H and O–H groups in total. The van der Waals surface area contributed by atoms with Gasteiger partial charge in [-0.15, -0.1) is 11.3 Å². The number of pyridine rings is 1. The van der Waals surface area contributed by atoms with Gasteiger partial charge in [-0.25, -0.2) is 9.78 Å². The quantitative estimate of drug-likeness (QED) is 0.618. The van der Waals surface area contributed by atoms with Gasteiger partial charge >= 0.3 is 5.97 Å². The third-order valence-corrected chi connectivity index (χ3v) is 4.26. The number of thiazole rings is 1. The van der Waals surface area contributed by atoms with Crippen LogP contribution in [0.2, 0.25) is 0 Å². The van der Waals surface area contributed by atoms with E-state index in [1.807, 2.05) is 17.5 Å². The van der Waals surface area contributed by atoms with Crippen LogP contribution in [0.3, 0.4) is 0 Å². The largest absolute Gasteiger partial charge is 0.478 e. The van der Waals surface area contributed by atoms with Crippen molar-refractivity contribution >= 4 is 28.3 Å². The van der Waals surface area contributed by atoms with E-state index in [1.54, 1.807) is 24.5 Å². The molecule has 0 saturated carbocycles. The van der Waals surface area contributed by atoms with Crippen LogP contribution in [0.5, 0.6) is 0 Å². The van der Waals surface area contributed by atoms with Crippen LogP contribution in [-0.2, 0) is 0 Å². The lowest BCUT2D eigenvalue weighted by atomic mass is 10.1. The molecule has 0 spiro atoms. The van der Waals surface area contributed by atoms with E-state index in [4.69, 9.17) is 9.63 Å². The Morgan fingerprint density at radius 1 is 1.26 bits per heavy atom. The molecule has 3 heterocycles. The summed E-state index contributed by atoms with van der Waals surface area (Å²) in [4.78, 5) is 19.8. The summed E-state index contributed by atoms with van der Waals surface area (Å²) in [6.45, 7) is 0. The Labute approximate surface area is 134 Å². The highest BCUT2D eigenvalue weighted by Gasteiger charge is 2.16. The summed E-state index contributed by atoms with van der Waals surface area (Å²) in [5, 5.41) is 16.5. The third kappa shape index (κ3) is 2.36. The fourth-order valence-corrected chi connectivity index (χ4v) is 3.06.